The molecule has 1 rings (SSSR count). The predicted molar refractivity (Wildman–Crippen MR) is 69.0 cm³/mol. The van der Waals surface area contributed by atoms with Gasteiger partial charge in [-0.05, 0) is 19.3 Å². The largest absolute Gasteiger partial charge is 0.365 e. The average molecular weight is 278 g/mol. The average Bonchev–Trinajstić information content (AvgIpc) is 2.43. The molecule has 1 saturated carbocycles. The zero-order valence-corrected chi connectivity index (χ0v) is 11.5. The van der Waals surface area contributed by atoms with E-state index in [1.165, 1.54) is 6.42 Å². The molecule has 0 aromatic rings. The second kappa shape index (κ2) is 7.75. The summed E-state index contributed by atoms with van der Waals surface area (Å²) >= 11 is 0. The van der Waals surface area contributed by atoms with Crippen LogP contribution in [0, 0.1) is 0 Å². The van der Waals surface area contributed by atoms with E-state index in [1.807, 2.05) is 6.92 Å². The van der Waals surface area contributed by atoms with Crippen molar-refractivity contribution < 1.29 is 18.3 Å². The molecule has 1 atom stereocenters. The summed E-state index contributed by atoms with van der Waals surface area (Å²) in [6.07, 6.45) is 5.23. The van der Waals surface area contributed by atoms with Crippen LogP contribution in [0.25, 0.3) is 0 Å². The fraction of sp³-hybridized carbons (Fsp3) is 0.923. The third-order valence-electron chi connectivity index (χ3n) is 3.39. The van der Waals surface area contributed by atoms with E-state index < -0.39 is 31.0 Å². The van der Waals surface area contributed by atoms with Gasteiger partial charge >= 0.3 is 0 Å². The SMILES string of the molecule is CCC(OC1CCCCC1)C(=O)NCC(F)(F)CN. The second-order valence-corrected chi connectivity index (χ2v) is 5.07. The number of nitrogens with one attached hydrogen (secondary N) is 1. The zero-order valence-electron chi connectivity index (χ0n) is 11.5. The molecule has 1 aliphatic carbocycles. The molecule has 4 nitrogen and oxygen atoms in total. The summed E-state index contributed by atoms with van der Waals surface area (Å²) in [5, 5.41) is 2.22. The molecule has 0 aromatic heterocycles. The van der Waals surface area contributed by atoms with Crippen molar-refractivity contribution in [2.24, 2.45) is 5.73 Å². The molecule has 19 heavy (non-hydrogen) atoms. The molecule has 0 spiro atoms. The fourth-order valence-electron chi connectivity index (χ4n) is 2.18. The highest BCUT2D eigenvalue weighted by atomic mass is 19.3. The molecule has 1 amide bonds. The van der Waals surface area contributed by atoms with Crippen LogP contribution in [-0.4, -0.2) is 37.1 Å². The summed E-state index contributed by atoms with van der Waals surface area (Å²) in [6, 6.07) is 0. The van der Waals surface area contributed by atoms with Gasteiger partial charge in [-0.15, -0.1) is 0 Å². The summed E-state index contributed by atoms with van der Waals surface area (Å²) in [4.78, 5) is 11.8. The van der Waals surface area contributed by atoms with E-state index in [1.54, 1.807) is 0 Å². The Morgan fingerprint density at radius 2 is 2.05 bits per heavy atom. The van der Waals surface area contributed by atoms with Crippen molar-refractivity contribution >= 4 is 5.91 Å². The molecule has 0 radical (unpaired) electrons. The predicted octanol–water partition coefficient (Wildman–Crippen LogP) is 1.82. The van der Waals surface area contributed by atoms with Crippen molar-refractivity contribution in [1.82, 2.24) is 5.32 Å². The number of nitrogens with two attached hydrogens (primary N) is 1. The van der Waals surface area contributed by atoms with Gasteiger partial charge in [-0.25, -0.2) is 8.78 Å². The van der Waals surface area contributed by atoms with E-state index in [-0.39, 0.29) is 6.10 Å². The van der Waals surface area contributed by atoms with Crippen molar-refractivity contribution in [3.8, 4) is 0 Å². The molecule has 0 heterocycles. The molecule has 0 bridgehead atoms. The van der Waals surface area contributed by atoms with Gasteiger partial charge in [0.15, 0.2) is 0 Å². The molecule has 1 aliphatic rings. The number of ether oxygens (including phenoxy) is 1. The van der Waals surface area contributed by atoms with Crippen LogP contribution >= 0.6 is 0 Å². The van der Waals surface area contributed by atoms with Crippen molar-refractivity contribution in [2.45, 2.75) is 63.6 Å². The molecule has 1 unspecified atom stereocenters. The molecular weight excluding hydrogens is 254 g/mol. The summed E-state index contributed by atoms with van der Waals surface area (Å²) < 4.78 is 31.6. The Labute approximate surface area is 113 Å². The van der Waals surface area contributed by atoms with E-state index in [4.69, 9.17) is 10.5 Å². The van der Waals surface area contributed by atoms with Gasteiger partial charge in [-0.1, -0.05) is 26.2 Å². The lowest BCUT2D eigenvalue weighted by molar-refractivity contribution is -0.140. The standard InChI is InChI=1S/C13H24F2N2O2/c1-2-11(19-10-6-4-3-5-7-10)12(18)17-9-13(14,15)8-16/h10-11H,2-9,16H2,1H3,(H,17,18). The number of carbonyl (C=O) groups is 1. The fourth-order valence-corrected chi connectivity index (χ4v) is 2.18. The highest BCUT2D eigenvalue weighted by Crippen LogP contribution is 2.22. The van der Waals surface area contributed by atoms with Crippen molar-refractivity contribution in [1.29, 1.82) is 0 Å². The number of rotatable bonds is 7. The monoisotopic (exact) mass is 278 g/mol. The van der Waals surface area contributed by atoms with Crippen LogP contribution in [0.1, 0.15) is 45.4 Å². The Balaban J connectivity index is 2.38. The minimum atomic E-state index is -3.06. The third kappa shape index (κ3) is 5.82. The lowest BCUT2D eigenvalue weighted by atomic mass is 9.97. The number of hydrogen-bond donors (Lipinski definition) is 2. The molecule has 1 fully saturated rings. The van der Waals surface area contributed by atoms with Gasteiger partial charge in [-0.2, -0.15) is 0 Å². The van der Waals surface area contributed by atoms with Gasteiger partial charge in [0.1, 0.15) is 6.10 Å². The number of halogens is 2. The first kappa shape index (κ1) is 16.3. The van der Waals surface area contributed by atoms with Crippen LogP contribution in [0.15, 0.2) is 0 Å². The minimum Gasteiger partial charge on any atom is -0.365 e. The van der Waals surface area contributed by atoms with E-state index in [9.17, 15) is 13.6 Å². The van der Waals surface area contributed by atoms with Gasteiger partial charge in [0, 0.05) is 0 Å². The van der Waals surface area contributed by atoms with Crippen molar-refractivity contribution in [3.05, 3.63) is 0 Å². The van der Waals surface area contributed by atoms with E-state index >= 15 is 0 Å². The maximum absolute atomic E-state index is 13.0. The third-order valence-corrected chi connectivity index (χ3v) is 3.39. The molecular formula is C13H24F2N2O2. The lowest BCUT2D eigenvalue weighted by Gasteiger charge is -2.27. The van der Waals surface area contributed by atoms with E-state index in [2.05, 4.69) is 5.32 Å². The summed E-state index contributed by atoms with van der Waals surface area (Å²) in [5.41, 5.74) is 4.92. The quantitative estimate of drug-likeness (QED) is 0.746. The summed E-state index contributed by atoms with van der Waals surface area (Å²) in [5.74, 6) is -3.53. The molecule has 3 N–H and O–H groups in total. The van der Waals surface area contributed by atoms with E-state index in [0.29, 0.717) is 6.42 Å². The first-order valence-corrected chi connectivity index (χ1v) is 6.99. The zero-order chi connectivity index (χ0) is 14.3. The van der Waals surface area contributed by atoms with Gasteiger partial charge in [0.2, 0.25) is 5.91 Å². The Morgan fingerprint density at radius 1 is 1.42 bits per heavy atom. The Morgan fingerprint density at radius 3 is 2.58 bits per heavy atom. The van der Waals surface area contributed by atoms with Crippen LogP contribution in [0.2, 0.25) is 0 Å². The number of amides is 1. The van der Waals surface area contributed by atoms with Crippen LogP contribution in [0.3, 0.4) is 0 Å². The molecule has 0 aromatic carbocycles. The molecule has 0 aliphatic heterocycles. The normalized spacial score (nSPS) is 19.2. The van der Waals surface area contributed by atoms with Crippen LogP contribution in [0.5, 0.6) is 0 Å². The molecule has 0 saturated heterocycles. The summed E-state index contributed by atoms with van der Waals surface area (Å²) in [7, 11) is 0. The van der Waals surface area contributed by atoms with Gasteiger partial charge in [0.25, 0.3) is 5.92 Å². The number of alkyl halides is 2. The van der Waals surface area contributed by atoms with Gasteiger partial charge < -0.3 is 15.8 Å². The van der Waals surface area contributed by atoms with Crippen molar-refractivity contribution in [2.75, 3.05) is 13.1 Å². The van der Waals surface area contributed by atoms with Crippen LogP contribution < -0.4 is 11.1 Å². The maximum atomic E-state index is 13.0. The molecule has 112 valence electrons. The smallest absolute Gasteiger partial charge is 0.277 e. The highest BCUT2D eigenvalue weighted by Gasteiger charge is 2.29. The molecule has 6 heteroatoms. The second-order valence-electron chi connectivity index (χ2n) is 5.07. The maximum Gasteiger partial charge on any atom is 0.277 e. The first-order chi connectivity index (χ1) is 8.98. The van der Waals surface area contributed by atoms with Crippen LogP contribution in [0.4, 0.5) is 8.78 Å². The first-order valence-electron chi connectivity index (χ1n) is 6.99. The number of hydrogen-bond acceptors (Lipinski definition) is 3. The Hall–Kier alpha value is -0.750. The Kier molecular flexibility index (Phi) is 6.65. The minimum absolute atomic E-state index is 0.0828. The van der Waals surface area contributed by atoms with Gasteiger partial charge in [-0.3, -0.25) is 4.79 Å². The van der Waals surface area contributed by atoms with Crippen molar-refractivity contribution in [3.63, 3.8) is 0 Å². The van der Waals surface area contributed by atoms with Crippen LogP contribution in [-0.2, 0) is 9.53 Å². The number of carbonyl (C=O) groups excluding carboxylic acids is 1. The Bertz CT molecular complexity index is 282. The van der Waals surface area contributed by atoms with Gasteiger partial charge in [0.05, 0.1) is 19.2 Å². The highest BCUT2D eigenvalue weighted by molar-refractivity contribution is 5.80. The lowest BCUT2D eigenvalue weighted by Crippen LogP contribution is -2.46. The summed E-state index contributed by atoms with van der Waals surface area (Å²) in [6.45, 7) is 0.314. The van der Waals surface area contributed by atoms with E-state index in [0.717, 1.165) is 25.7 Å². The topological polar surface area (TPSA) is 64.3 Å².